The zero-order chi connectivity index (χ0) is 15.3. The lowest BCUT2D eigenvalue weighted by Crippen LogP contribution is -2.60. The van der Waals surface area contributed by atoms with Crippen molar-refractivity contribution in [2.24, 2.45) is 11.8 Å². The molecule has 2 atom stereocenters. The summed E-state index contributed by atoms with van der Waals surface area (Å²) in [7, 11) is 0. The van der Waals surface area contributed by atoms with Gasteiger partial charge in [0.25, 0.3) is 0 Å². The third-order valence-electron chi connectivity index (χ3n) is 4.24. The van der Waals surface area contributed by atoms with Crippen LogP contribution >= 0.6 is 11.3 Å². The van der Waals surface area contributed by atoms with Gasteiger partial charge in [-0.1, -0.05) is 13.8 Å². The molecule has 0 bridgehead atoms. The highest BCUT2D eigenvalue weighted by Gasteiger charge is 2.56. The van der Waals surface area contributed by atoms with Gasteiger partial charge in [0.05, 0.1) is 18.6 Å². The van der Waals surface area contributed by atoms with Gasteiger partial charge in [0, 0.05) is 15.3 Å². The lowest BCUT2D eigenvalue weighted by molar-refractivity contribution is -0.157. The van der Waals surface area contributed by atoms with Crippen LogP contribution in [0.4, 0.5) is 0 Å². The smallest absolute Gasteiger partial charge is 0.352 e. The number of rotatable bonds is 4. The Morgan fingerprint density at radius 2 is 2.19 bits per heavy atom. The zero-order valence-corrected chi connectivity index (χ0v) is 12.7. The first-order chi connectivity index (χ1) is 9.95. The second-order valence-electron chi connectivity index (χ2n) is 5.81. The maximum atomic E-state index is 12.2. The Bertz CT molecular complexity index is 646. The van der Waals surface area contributed by atoms with Crippen molar-refractivity contribution in [1.82, 2.24) is 4.90 Å². The summed E-state index contributed by atoms with van der Waals surface area (Å²) in [5.74, 6) is -1.01. The third kappa shape index (κ3) is 2.01. The summed E-state index contributed by atoms with van der Waals surface area (Å²) in [6.45, 7) is 3.93. The van der Waals surface area contributed by atoms with Gasteiger partial charge in [-0.2, -0.15) is 0 Å². The molecule has 1 amide bonds. The molecule has 21 heavy (non-hydrogen) atoms. The van der Waals surface area contributed by atoms with Crippen LogP contribution in [0.2, 0.25) is 0 Å². The molecule has 1 aromatic heterocycles. The number of carboxylic acid groups (broad SMARTS) is 1. The van der Waals surface area contributed by atoms with Crippen molar-refractivity contribution in [2.75, 3.05) is 0 Å². The van der Waals surface area contributed by atoms with E-state index < -0.39 is 5.97 Å². The predicted octanol–water partition coefficient (Wildman–Crippen LogP) is 1.92. The number of hydrogen-bond acceptors (Lipinski definition) is 4. The highest BCUT2D eigenvalue weighted by atomic mass is 32.1. The minimum Gasteiger partial charge on any atom is -0.477 e. The topological polar surface area (TPSA) is 77.8 Å². The summed E-state index contributed by atoms with van der Waals surface area (Å²) in [5, 5.41) is 18.6. The molecule has 2 aliphatic rings. The molecule has 0 spiro atoms. The van der Waals surface area contributed by atoms with Crippen molar-refractivity contribution >= 4 is 28.8 Å². The number of nitrogens with zero attached hydrogens (tertiary/aromatic N) is 1. The van der Waals surface area contributed by atoms with Gasteiger partial charge in [0.2, 0.25) is 5.91 Å². The standard InChI is InChI=1S/C15H17NO4S/c1-7(2)12-10-5-9(11-4-3-8(6-17)21-11)13(15(19)20)16(10)14(12)18/h3-4,7,10,12,17H,5-6H2,1-2H3,(H,19,20)/t10-,12-/m1/s1. The highest BCUT2D eigenvalue weighted by Crippen LogP contribution is 2.49. The number of aliphatic hydroxyl groups excluding tert-OH is 1. The SMILES string of the molecule is CC(C)[C@H]1C(=O)N2C(C(=O)O)=C(c3ccc(CO)s3)C[C@H]12. The van der Waals surface area contributed by atoms with Crippen molar-refractivity contribution in [3.63, 3.8) is 0 Å². The van der Waals surface area contributed by atoms with Crippen LogP contribution in [0.1, 0.15) is 30.0 Å². The number of hydrogen-bond donors (Lipinski definition) is 2. The van der Waals surface area contributed by atoms with Gasteiger partial charge in [0.1, 0.15) is 5.70 Å². The average molecular weight is 307 g/mol. The van der Waals surface area contributed by atoms with Crippen LogP contribution < -0.4 is 0 Å². The van der Waals surface area contributed by atoms with E-state index in [4.69, 9.17) is 5.11 Å². The Morgan fingerprint density at radius 3 is 2.71 bits per heavy atom. The van der Waals surface area contributed by atoms with Crippen LogP contribution in [-0.2, 0) is 16.2 Å². The summed E-state index contributed by atoms with van der Waals surface area (Å²) in [6, 6.07) is 3.59. The summed E-state index contributed by atoms with van der Waals surface area (Å²) in [5.41, 5.74) is 0.835. The summed E-state index contributed by atoms with van der Waals surface area (Å²) in [4.78, 5) is 26.9. The Balaban J connectivity index is 2.00. The van der Waals surface area contributed by atoms with Gasteiger partial charge in [-0.25, -0.2) is 4.79 Å². The van der Waals surface area contributed by atoms with Gasteiger partial charge >= 0.3 is 5.97 Å². The molecule has 112 valence electrons. The lowest BCUT2D eigenvalue weighted by Gasteiger charge is -2.45. The second-order valence-corrected chi connectivity index (χ2v) is 6.97. The van der Waals surface area contributed by atoms with Crippen LogP contribution in [-0.4, -0.2) is 33.0 Å². The molecule has 2 aliphatic heterocycles. The van der Waals surface area contributed by atoms with Crippen LogP contribution in [0.15, 0.2) is 17.8 Å². The van der Waals surface area contributed by atoms with Crippen LogP contribution in [0.3, 0.4) is 0 Å². The van der Waals surface area contributed by atoms with Crippen LogP contribution in [0.25, 0.3) is 5.57 Å². The molecular weight excluding hydrogens is 290 g/mol. The van der Waals surface area contributed by atoms with Crippen molar-refractivity contribution in [3.8, 4) is 0 Å². The molecule has 0 aliphatic carbocycles. The van der Waals surface area contributed by atoms with Gasteiger partial charge in [0.15, 0.2) is 0 Å². The number of carbonyl (C=O) groups excluding carboxylic acids is 1. The summed E-state index contributed by atoms with van der Waals surface area (Å²) >= 11 is 1.38. The first kappa shape index (κ1) is 14.3. The molecule has 1 fully saturated rings. The molecule has 1 aromatic rings. The molecule has 0 unspecified atom stereocenters. The van der Waals surface area contributed by atoms with Crippen LogP contribution in [0.5, 0.6) is 0 Å². The molecule has 3 rings (SSSR count). The van der Waals surface area contributed by atoms with E-state index in [-0.39, 0.29) is 36.1 Å². The molecule has 5 nitrogen and oxygen atoms in total. The molecule has 2 N–H and O–H groups in total. The number of carboxylic acids is 1. The van der Waals surface area contributed by atoms with Crippen molar-refractivity contribution in [1.29, 1.82) is 0 Å². The van der Waals surface area contributed by atoms with Crippen molar-refractivity contribution in [3.05, 3.63) is 27.6 Å². The predicted molar refractivity (Wildman–Crippen MR) is 78.4 cm³/mol. The Morgan fingerprint density at radius 1 is 1.48 bits per heavy atom. The van der Waals surface area contributed by atoms with Gasteiger partial charge in [-0.3, -0.25) is 4.79 Å². The molecule has 0 radical (unpaired) electrons. The van der Waals surface area contributed by atoms with Gasteiger partial charge in [-0.15, -0.1) is 11.3 Å². The van der Waals surface area contributed by atoms with E-state index in [9.17, 15) is 14.7 Å². The average Bonchev–Trinajstić information content (AvgIpc) is 2.99. The maximum absolute atomic E-state index is 12.2. The van der Waals surface area contributed by atoms with E-state index in [1.807, 2.05) is 19.9 Å². The largest absolute Gasteiger partial charge is 0.477 e. The zero-order valence-electron chi connectivity index (χ0n) is 11.9. The van der Waals surface area contributed by atoms with Crippen molar-refractivity contribution in [2.45, 2.75) is 32.9 Å². The molecule has 6 heteroatoms. The normalized spacial score (nSPS) is 24.6. The van der Waals surface area contributed by atoms with Gasteiger partial charge < -0.3 is 15.1 Å². The van der Waals surface area contributed by atoms with E-state index in [2.05, 4.69) is 0 Å². The number of thiophene rings is 1. The number of carbonyl (C=O) groups is 2. The molecule has 1 saturated heterocycles. The van der Waals surface area contributed by atoms with E-state index in [1.54, 1.807) is 6.07 Å². The first-order valence-corrected chi connectivity index (χ1v) is 7.76. The summed E-state index contributed by atoms with van der Waals surface area (Å²) in [6.07, 6.45) is 0.585. The minimum absolute atomic E-state index is 0.0294. The van der Waals surface area contributed by atoms with E-state index in [0.717, 1.165) is 9.75 Å². The van der Waals surface area contributed by atoms with Crippen molar-refractivity contribution < 1.29 is 19.8 Å². The quantitative estimate of drug-likeness (QED) is 0.833. The Labute approximate surface area is 126 Å². The fraction of sp³-hybridized carbons (Fsp3) is 0.467. The fourth-order valence-electron chi connectivity index (χ4n) is 3.32. The molecule has 0 aromatic carbocycles. The fourth-order valence-corrected chi connectivity index (χ4v) is 4.24. The van der Waals surface area contributed by atoms with E-state index in [1.165, 1.54) is 16.2 Å². The minimum atomic E-state index is -1.05. The lowest BCUT2D eigenvalue weighted by atomic mass is 9.78. The number of amides is 1. The second kappa shape index (κ2) is 4.96. The van der Waals surface area contributed by atoms with E-state index >= 15 is 0 Å². The molecule has 0 saturated carbocycles. The van der Waals surface area contributed by atoms with E-state index in [0.29, 0.717) is 12.0 Å². The highest BCUT2D eigenvalue weighted by molar-refractivity contribution is 7.13. The first-order valence-electron chi connectivity index (χ1n) is 6.95. The monoisotopic (exact) mass is 307 g/mol. The summed E-state index contributed by atoms with van der Waals surface area (Å²) < 4.78 is 0. The number of β-lactam (4-membered cyclic amide) rings is 1. The maximum Gasteiger partial charge on any atom is 0.352 e. The number of fused-ring (bicyclic) bond motifs is 1. The molecular formula is C15H17NO4S. The number of aliphatic carboxylic acids is 1. The number of aliphatic hydroxyl groups is 1. The van der Waals surface area contributed by atoms with Crippen LogP contribution in [0, 0.1) is 11.8 Å². The Kier molecular flexibility index (Phi) is 3.37. The molecule has 3 heterocycles. The third-order valence-corrected chi connectivity index (χ3v) is 5.37. The Hall–Kier alpha value is -1.66. The van der Waals surface area contributed by atoms with Gasteiger partial charge in [-0.05, 0) is 24.5 Å².